The normalized spacial score (nSPS) is 11.0. The molecule has 2 aromatic rings. The first-order chi connectivity index (χ1) is 10.2. The van der Waals surface area contributed by atoms with Crippen molar-refractivity contribution >= 4 is 33.7 Å². The molecule has 4 nitrogen and oxygen atoms in total. The minimum atomic E-state index is 0.610. The first kappa shape index (κ1) is 16.2. The second-order valence-electron chi connectivity index (χ2n) is 5.19. The maximum Gasteiger partial charge on any atom is 0.148 e. The van der Waals surface area contributed by atoms with Gasteiger partial charge < -0.3 is 10.6 Å². The van der Waals surface area contributed by atoms with Crippen molar-refractivity contribution in [1.29, 1.82) is 0 Å². The van der Waals surface area contributed by atoms with E-state index in [2.05, 4.69) is 33.5 Å². The molecule has 0 aliphatic rings. The van der Waals surface area contributed by atoms with Crippen LogP contribution >= 0.6 is 22.9 Å². The fourth-order valence-corrected chi connectivity index (χ4v) is 3.72. The highest BCUT2D eigenvalue weighted by Crippen LogP contribution is 2.39. The Morgan fingerprint density at radius 2 is 1.86 bits per heavy atom. The lowest BCUT2D eigenvalue weighted by molar-refractivity contribution is 0.682. The van der Waals surface area contributed by atoms with Gasteiger partial charge in [0.15, 0.2) is 0 Å². The van der Waals surface area contributed by atoms with Crippen molar-refractivity contribution in [2.75, 3.05) is 23.7 Å². The Labute approximate surface area is 135 Å². The van der Waals surface area contributed by atoms with Gasteiger partial charge in [-0.1, -0.05) is 26.7 Å². The van der Waals surface area contributed by atoms with Crippen molar-refractivity contribution in [1.82, 2.24) is 9.36 Å². The summed E-state index contributed by atoms with van der Waals surface area (Å²) in [7, 11) is 0. The average molecular weight is 325 g/mol. The minimum absolute atomic E-state index is 0.610. The first-order valence-corrected chi connectivity index (χ1v) is 9.25. The van der Waals surface area contributed by atoms with Crippen molar-refractivity contribution in [3.63, 3.8) is 0 Å². The number of nitrogens with two attached hydrogens (primary N) is 1. The molecule has 0 saturated heterocycles. The molecule has 2 aromatic heterocycles. The molecule has 0 bridgehead atoms. The average Bonchev–Trinajstić information content (AvgIpc) is 3.05. The summed E-state index contributed by atoms with van der Waals surface area (Å²) in [4.78, 5) is 7.03. The lowest BCUT2D eigenvalue weighted by Crippen LogP contribution is -2.25. The largest absolute Gasteiger partial charge is 0.382 e. The zero-order chi connectivity index (χ0) is 15.2. The van der Waals surface area contributed by atoms with Crippen molar-refractivity contribution < 1.29 is 0 Å². The van der Waals surface area contributed by atoms with Crippen LogP contribution in [0.15, 0.2) is 5.38 Å². The Morgan fingerprint density at radius 1 is 1.19 bits per heavy atom. The van der Waals surface area contributed by atoms with Crippen molar-refractivity contribution in [3.8, 4) is 11.3 Å². The van der Waals surface area contributed by atoms with Gasteiger partial charge in [-0.15, -0.1) is 11.3 Å². The van der Waals surface area contributed by atoms with E-state index in [1.807, 2.05) is 6.92 Å². The zero-order valence-corrected chi connectivity index (χ0v) is 14.7. The highest BCUT2D eigenvalue weighted by molar-refractivity contribution is 7.11. The van der Waals surface area contributed by atoms with Gasteiger partial charge in [0.05, 0.1) is 16.3 Å². The van der Waals surface area contributed by atoms with Gasteiger partial charge in [-0.3, -0.25) is 0 Å². The maximum atomic E-state index is 6.12. The van der Waals surface area contributed by atoms with Gasteiger partial charge in [0.25, 0.3) is 0 Å². The highest BCUT2D eigenvalue weighted by Gasteiger charge is 2.20. The van der Waals surface area contributed by atoms with Gasteiger partial charge in [-0.2, -0.15) is 4.37 Å². The predicted octanol–water partition coefficient (Wildman–Crippen LogP) is 4.56. The summed E-state index contributed by atoms with van der Waals surface area (Å²) < 4.78 is 4.38. The molecular formula is C15H24N4S2. The lowest BCUT2D eigenvalue weighted by atomic mass is 10.2. The van der Waals surface area contributed by atoms with E-state index in [9.17, 15) is 0 Å². The van der Waals surface area contributed by atoms with Crippen LogP contribution in [0.3, 0.4) is 0 Å². The Morgan fingerprint density at radius 3 is 2.38 bits per heavy atom. The zero-order valence-electron chi connectivity index (χ0n) is 13.1. The second-order valence-corrected chi connectivity index (χ2v) is 7.01. The Balaban J connectivity index is 2.31. The van der Waals surface area contributed by atoms with E-state index in [0.29, 0.717) is 5.82 Å². The topological polar surface area (TPSA) is 55.0 Å². The summed E-state index contributed by atoms with van der Waals surface area (Å²) >= 11 is 3.16. The van der Waals surface area contributed by atoms with E-state index in [0.717, 1.165) is 29.4 Å². The van der Waals surface area contributed by atoms with E-state index >= 15 is 0 Å². The highest BCUT2D eigenvalue weighted by atomic mass is 32.1. The summed E-state index contributed by atoms with van der Waals surface area (Å²) in [5.74, 6) is 0.610. The number of aryl methyl sites for hydroxylation is 1. The fourth-order valence-electron chi connectivity index (χ4n) is 2.24. The van der Waals surface area contributed by atoms with E-state index in [1.165, 1.54) is 42.2 Å². The molecule has 0 fully saturated rings. The summed E-state index contributed by atoms with van der Waals surface area (Å²) in [5.41, 5.74) is 8.11. The standard InChI is InChI=1S/C15H24N4S2/c1-4-6-8-19(9-7-5-2)15-13(14(16)18-21-15)12-10-20-11(3)17-12/h10H,4-9H2,1-3H3,(H2,16,18). The molecule has 0 amide bonds. The second kappa shape index (κ2) is 7.75. The van der Waals surface area contributed by atoms with Crippen LogP contribution in [0.2, 0.25) is 0 Å². The number of rotatable bonds is 8. The fraction of sp³-hybridized carbons (Fsp3) is 0.600. The number of thiazole rings is 1. The molecule has 6 heteroatoms. The van der Waals surface area contributed by atoms with Crippen LogP contribution in [0.4, 0.5) is 10.8 Å². The van der Waals surface area contributed by atoms with Crippen molar-refractivity contribution in [3.05, 3.63) is 10.4 Å². The number of hydrogen-bond acceptors (Lipinski definition) is 6. The SMILES string of the molecule is CCCCN(CCCC)c1snc(N)c1-c1csc(C)n1. The molecule has 0 atom stereocenters. The monoisotopic (exact) mass is 324 g/mol. The molecule has 0 radical (unpaired) electrons. The Bertz CT molecular complexity index is 554. The first-order valence-electron chi connectivity index (χ1n) is 7.59. The molecule has 2 rings (SSSR count). The van der Waals surface area contributed by atoms with Gasteiger partial charge in [0.1, 0.15) is 10.8 Å². The molecule has 21 heavy (non-hydrogen) atoms. The molecule has 0 spiro atoms. The van der Waals surface area contributed by atoms with Gasteiger partial charge in [0, 0.05) is 18.5 Å². The quantitative estimate of drug-likeness (QED) is 0.773. The van der Waals surface area contributed by atoms with E-state index in [-0.39, 0.29) is 0 Å². The van der Waals surface area contributed by atoms with Crippen LogP contribution in [0.1, 0.15) is 44.5 Å². The smallest absolute Gasteiger partial charge is 0.148 e. The van der Waals surface area contributed by atoms with Crippen LogP contribution in [0.25, 0.3) is 11.3 Å². The summed E-state index contributed by atoms with van der Waals surface area (Å²) in [6, 6.07) is 0. The molecule has 2 N–H and O–H groups in total. The lowest BCUT2D eigenvalue weighted by Gasteiger charge is -2.23. The van der Waals surface area contributed by atoms with Crippen molar-refractivity contribution in [2.45, 2.75) is 46.5 Å². The van der Waals surface area contributed by atoms with Gasteiger partial charge in [0.2, 0.25) is 0 Å². The molecule has 0 aliphatic carbocycles. The number of nitrogens with zero attached hydrogens (tertiary/aromatic N) is 3. The van der Waals surface area contributed by atoms with E-state index in [1.54, 1.807) is 11.3 Å². The van der Waals surface area contributed by atoms with Gasteiger partial charge in [-0.25, -0.2) is 4.98 Å². The van der Waals surface area contributed by atoms with Crippen LogP contribution in [-0.4, -0.2) is 22.4 Å². The van der Waals surface area contributed by atoms with Crippen LogP contribution in [-0.2, 0) is 0 Å². The summed E-state index contributed by atoms with van der Waals surface area (Å²) in [5, 5.41) is 4.33. The van der Waals surface area contributed by atoms with Crippen LogP contribution < -0.4 is 10.6 Å². The number of hydrogen-bond donors (Lipinski definition) is 1. The molecular weight excluding hydrogens is 300 g/mol. The molecule has 0 saturated carbocycles. The predicted molar refractivity (Wildman–Crippen MR) is 94.4 cm³/mol. The third-order valence-electron chi connectivity index (χ3n) is 3.43. The van der Waals surface area contributed by atoms with Gasteiger partial charge >= 0.3 is 0 Å². The number of anilines is 2. The van der Waals surface area contributed by atoms with E-state index < -0.39 is 0 Å². The minimum Gasteiger partial charge on any atom is -0.382 e. The van der Waals surface area contributed by atoms with E-state index in [4.69, 9.17) is 5.73 Å². The third-order valence-corrected chi connectivity index (χ3v) is 5.12. The molecule has 2 heterocycles. The number of unbranched alkanes of at least 4 members (excludes halogenated alkanes) is 2. The Kier molecular flexibility index (Phi) is 5.99. The number of nitrogen functional groups attached to an aromatic ring is 1. The third kappa shape index (κ3) is 3.95. The van der Waals surface area contributed by atoms with Crippen LogP contribution in [0, 0.1) is 6.92 Å². The molecule has 0 aliphatic heterocycles. The van der Waals surface area contributed by atoms with Gasteiger partial charge in [-0.05, 0) is 31.3 Å². The summed E-state index contributed by atoms with van der Waals surface area (Å²) in [6.45, 7) is 8.60. The molecule has 0 unspecified atom stereocenters. The maximum absolute atomic E-state index is 6.12. The van der Waals surface area contributed by atoms with Crippen LogP contribution in [0.5, 0.6) is 0 Å². The molecule has 0 aromatic carbocycles. The number of aromatic nitrogens is 2. The molecule has 116 valence electrons. The van der Waals surface area contributed by atoms with Crippen molar-refractivity contribution in [2.24, 2.45) is 0 Å². The summed E-state index contributed by atoms with van der Waals surface area (Å²) in [6.07, 6.45) is 4.78. The Hall–Kier alpha value is -1.14.